The molecule has 2 N–H and O–H groups in total. The quantitative estimate of drug-likeness (QED) is 0.413. The van der Waals surface area contributed by atoms with Gasteiger partial charge < -0.3 is 15.5 Å². The molecule has 0 unspecified atom stereocenters. The Kier molecular flexibility index (Phi) is 5.71. The molecule has 5 rings (SSSR count). The Labute approximate surface area is 193 Å². The Morgan fingerprint density at radius 1 is 1.12 bits per heavy atom. The summed E-state index contributed by atoms with van der Waals surface area (Å²) in [4.78, 5) is 23.4. The van der Waals surface area contributed by atoms with E-state index in [9.17, 15) is 4.79 Å². The third-order valence-corrected chi connectivity index (χ3v) is 6.92. The molecule has 4 heterocycles. The molecule has 1 aliphatic heterocycles. The summed E-state index contributed by atoms with van der Waals surface area (Å²) in [5.41, 5.74) is 5.51. The third-order valence-electron chi connectivity index (χ3n) is 5.18. The molecule has 1 aliphatic rings. The molecule has 1 fully saturated rings. The van der Waals surface area contributed by atoms with Crippen LogP contribution in [0.25, 0.3) is 20.8 Å². The van der Waals surface area contributed by atoms with E-state index in [0.29, 0.717) is 10.0 Å². The van der Waals surface area contributed by atoms with Crippen LogP contribution in [-0.2, 0) is 0 Å². The van der Waals surface area contributed by atoms with Crippen LogP contribution in [-0.4, -0.2) is 50.1 Å². The first kappa shape index (κ1) is 20.8. The van der Waals surface area contributed by atoms with Gasteiger partial charge in [0.25, 0.3) is 5.91 Å². The molecule has 1 aromatic carbocycles. The van der Waals surface area contributed by atoms with E-state index >= 15 is 0 Å². The molecule has 4 aromatic rings. The number of amides is 1. The number of carbonyl (C=O) groups excluding carboxylic acids is 1. The first-order valence-electron chi connectivity index (χ1n) is 10.6. The van der Waals surface area contributed by atoms with Crippen molar-refractivity contribution in [2.24, 2.45) is 0 Å². The van der Waals surface area contributed by atoms with Gasteiger partial charge in [-0.25, -0.2) is 9.97 Å². The number of pyridine rings is 1. The van der Waals surface area contributed by atoms with Gasteiger partial charge in [-0.05, 0) is 44.9 Å². The highest BCUT2D eigenvalue weighted by Crippen LogP contribution is 2.33. The van der Waals surface area contributed by atoms with Crippen LogP contribution in [0.4, 0.5) is 17.2 Å². The molecule has 0 spiro atoms. The van der Waals surface area contributed by atoms with Gasteiger partial charge in [-0.15, -0.1) is 21.5 Å². The smallest absolute Gasteiger partial charge is 0.284 e. The minimum absolute atomic E-state index is 0.0330. The molecule has 10 heteroatoms. The highest BCUT2D eigenvalue weighted by Gasteiger charge is 2.24. The van der Waals surface area contributed by atoms with Gasteiger partial charge in [0, 0.05) is 42.8 Å². The number of nitrogens with zero attached hydrogens (tertiary/aromatic N) is 5. The summed E-state index contributed by atoms with van der Waals surface area (Å²) in [7, 11) is 0. The number of likely N-dealkylation sites (tertiary alicyclic amines) is 1. The fourth-order valence-corrected chi connectivity index (χ4v) is 5.23. The van der Waals surface area contributed by atoms with Crippen molar-refractivity contribution >= 4 is 56.0 Å². The van der Waals surface area contributed by atoms with Gasteiger partial charge in [-0.3, -0.25) is 4.79 Å². The van der Waals surface area contributed by atoms with Gasteiger partial charge in [0.05, 0.1) is 21.3 Å². The SMILES string of the molecule is CC(C)Nc1cc(Nc2ccc3ncsc3c2)ncc1-c1nnc(C(=O)N2CCCC2)s1. The molecule has 0 atom stereocenters. The first-order chi connectivity index (χ1) is 15.6. The summed E-state index contributed by atoms with van der Waals surface area (Å²) in [5.74, 6) is 0.688. The third kappa shape index (κ3) is 4.28. The van der Waals surface area contributed by atoms with Crippen LogP contribution in [0.3, 0.4) is 0 Å². The molecule has 0 radical (unpaired) electrons. The van der Waals surface area contributed by atoms with E-state index in [2.05, 4.69) is 50.7 Å². The monoisotopic (exact) mass is 465 g/mol. The minimum Gasteiger partial charge on any atom is -0.382 e. The Morgan fingerprint density at radius 2 is 1.97 bits per heavy atom. The molecule has 8 nitrogen and oxygen atoms in total. The zero-order chi connectivity index (χ0) is 22.1. The lowest BCUT2D eigenvalue weighted by Gasteiger charge is -2.15. The van der Waals surface area contributed by atoms with Gasteiger partial charge in [-0.1, -0.05) is 11.3 Å². The van der Waals surface area contributed by atoms with Crippen molar-refractivity contribution in [3.8, 4) is 10.6 Å². The van der Waals surface area contributed by atoms with Gasteiger partial charge in [0.15, 0.2) is 5.01 Å². The fraction of sp³-hybridized carbons (Fsp3) is 0.318. The summed E-state index contributed by atoms with van der Waals surface area (Å²) < 4.78 is 1.12. The van der Waals surface area contributed by atoms with E-state index in [1.807, 2.05) is 28.6 Å². The maximum atomic E-state index is 12.7. The largest absolute Gasteiger partial charge is 0.382 e. The molecular formula is C22H23N7OS2. The molecule has 1 saturated heterocycles. The molecule has 0 bridgehead atoms. The van der Waals surface area contributed by atoms with Crippen LogP contribution >= 0.6 is 22.7 Å². The van der Waals surface area contributed by atoms with E-state index < -0.39 is 0 Å². The molecule has 32 heavy (non-hydrogen) atoms. The van der Waals surface area contributed by atoms with E-state index in [0.717, 1.165) is 58.9 Å². The van der Waals surface area contributed by atoms with Crippen LogP contribution in [0, 0.1) is 0 Å². The predicted molar refractivity (Wildman–Crippen MR) is 130 cm³/mol. The first-order valence-corrected chi connectivity index (χ1v) is 12.3. The molecule has 1 amide bonds. The van der Waals surface area contributed by atoms with Crippen LogP contribution in [0.15, 0.2) is 36.0 Å². The summed E-state index contributed by atoms with van der Waals surface area (Å²) in [6.45, 7) is 5.75. The van der Waals surface area contributed by atoms with Crippen LogP contribution in [0.5, 0.6) is 0 Å². The van der Waals surface area contributed by atoms with Crippen molar-refractivity contribution < 1.29 is 4.79 Å². The van der Waals surface area contributed by atoms with E-state index in [1.165, 1.54) is 11.3 Å². The van der Waals surface area contributed by atoms with Crippen molar-refractivity contribution in [2.45, 2.75) is 32.7 Å². The second kappa shape index (κ2) is 8.79. The summed E-state index contributed by atoms with van der Waals surface area (Å²) in [5, 5.41) is 16.4. The van der Waals surface area contributed by atoms with Crippen molar-refractivity contribution in [3.05, 3.63) is 41.0 Å². The van der Waals surface area contributed by atoms with E-state index in [-0.39, 0.29) is 11.9 Å². The molecule has 164 valence electrons. The molecular weight excluding hydrogens is 442 g/mol. The second-order valence-electron chi connectivity index (χ2n) is 7.99. The Balaban J connectivity index is 1.42. The number of nitrogens with one attached hydrogen (secondary N) is 2. The Hall–Kier alpha value is -3.11. The number of fused-ring (bicyclic) bond motifs is 1. The van der Waals surface area contributed by atoms with Crippen LogP contribution in [0.2, 0.25) is 0 Å². The van der Waals surface area contributed by atoms with Crippen LogP contribution < -0.4 is 10.6 Å². The fourth-order valence-electron chi connectivity index (χ4n) is 3.68. The standard InChI is InChI=1S/C22H23N7OS2/c1-13(2)25-17-10-19(26-14-5-6-16-18(9-14)31-12-24-16)23-11-15(17)20-27-28-21(32-20)22(30)29-7-3-4-8-29/h5-6,9-13H,3-4,7-8H2,1-2H3,(H2,23,25,26). The second-order valence-corrected chi connectivity index (χ2v) is 9.85. The molecule has 3 aromatic heterocycles. The minimum atomic E-state index is -0.0330. The number of thiazole rings is 1. The van der Waals surface area contributed by atoms with Crippen molar-refractivity contribution in [1.82, 2.24) is 25.1 Å². The maximum Gasteiger partial charge on any atom is 0.284 e. The average Bonchev–Trinajstić information content (AvgIpc) is 3.54. The highest BCUT2D eigenvalue weighted by atomic mass is 32.1. The molecule has 0 aliphatic carbocycles. The number of hydrogen-bond acceptors (Lipinski definition) is 9. The molecule has 0 saturated carbocycles. The van der Waals surface area contributed by atoms with Gasteiger partial charge >= 0.3 is 0 Å². The number of hydrogen-bond donors (Lipinski definition) is 2. The summed E-state index contributed by atoms with van der Waals surface area (Å²) in [6, 6.07) is 8.25. The lowest BCUT2D eigenvalue weighted by molar-refractivity contribution is 0.0791. The zero-order valence-corrected chi connectivity index (χ0v) is 19.5. The van der Waals surface area contributed by atoms with Gasteiger partial charge in [0.2, 0.25) is 5.01 Å². The lowest BCUT2D eigenvalue weighted by atomic mass is 10.2. The Bertz CT molecular complexity index is 1260. The number of rotatable bonds is 6. The maximum absolute atomic E-state index is 12.7. The zero-order valence-electron chi connectivity index (χ0n) is 17.8. The van der Waals surface area contributed by atoms with Crippen molar-refractivity contribution in [3.63, 3.8) is 0 Å². The summed E-state index contributed by atoms with van der Waals surface area (Å²) >= 11 is 2.92. The Morgan fingerprint density at radius 3 is 2.78 bits per heavy atom. The lowest BCUT2D eigenvalue weighted by Crippen LogP contribution is -2.27. The predicted octanol–water partition coefficient (Wildman–Crippen LogP) is 5.01. The number of carbonyl (C=O) groups is 1. The van der Waals surface area contributed by atoms with Crippen LogP contribution in [0.1, 0.15) is 36.5 Å². The normalized spacial score (nSPS) is 13.8. The van der Waals surface area contributed by atoms with Gasteiger partial charge in [0.1, 0.15) is 5.82 Å². The van der Waals surface area contributed by atoms with Crippen molar-refractivity contribution in [1.29, 1.82) is 0 Å². The highest BCUT2D eigenvalue weighted by molar-refractivity contribution is 7.17. The number of anilines is 3. The van der Waals surface area contributed by atoms with E-state index in [4.69, 9.17) is 0 Å². The summed E-state index contributed by atoms with van der Waals surface area (Å²) in [6.07, 6.45) is 3.88. The van der Waals surface area contributed by atoms with E-state index in [1.54, 1.807) is 17.5 Å². The van der Waals surface area contributed by atoms with Crippen molar-refractivity contribution in [2.75, 3.05) is 23.7 Å². The topological polar surface area (TPSA) is 95.9 Å². The van der Waals surface area contributed by atoms with Gasteiger partial charge in [-0.2, -0.15) is 0 Å². The number of aromatic nitrogens is 4. The average molecular weight is 466 g/mol. The number of benzene rings is 1.